The third-order valence-corrected chi connectivity index (χ3v) is 9.45. The Labute approximate surface area is 270 Å². The van der Waals surface area contributed by atoms with Gasteiger partial charge in [0, 0.05) is 38.2 Å². The average molecular weight is 602 g/mol. The predicted octanol–water partition coefficient (Wildman–Crippen LogP) is 12.9. The molecule has 0 atom stereocenters. The summed E-state index contributed by atoms with van der Waals surface area (Å²) in [4.78, 5) is 2.38. The molecule has 0 spiro atoms. The Bertz CT molecular complexity index is 2800. The average Bonchev–Trinajstić information content (AvgIpc) is 3.72. The number of anilines is 3. The summed E-state index contributed by atoms with van der Waals surface area (Å²) in [7, 11) is 0. The highest BCUT2D eigenvalue weighted by Crippen LogP contribution is 2.46. The smallest absolute Gasteiger partial charge is 0.143 e. The van der Waals surface area contributed by atoms with Gasteiger partial charge < -0.3 is 13.7 Å². The maximum atomic E-state index is 6.62. The van der Waals surface area contributed by atoms with Gasteiger partial charge in [-0.1, -0.05) is 121 Å². The van der Waals surface area contributed by atoms with Gasteiger partial charge in [0.05, 0.1) is 16.8 Å². The Morgan fingerprint density at radius 1 is 0.362 bits per heavy atom. The minimum atomic E-state index is 0.868. The lowest BCUT2D eigenvalue weighted by molar-refractivity contribution is 0.670. The van der Waals surface area contributed by atoms with E-state index >= 15 is 0 Å². The molecule has 47 heavy (non-hydrogen) atoms. The van der Waals surface area contributed by atoms with Gasteiger partial charge in [-0.3, -0.25) is 0 Å². The second-order valence-corrected chi connectivity index (χ2v) is 12.1. The third kappa shape index (κ3) is 3.93. The van der Waals surface area contributed by atoms with Crippen LogP contribution in [0.15, 0.2) is 173 Å². The molecule has 8 aromatic carbocycles. The van der Waals surface area contributed by atoms with Crippen molar-refractivity contribution < 1.29 is 8.83 Å². The van der Waals surface area contributed by atoms with E-state index in [2.05, 4.69) is 157 Å². The van der Waals surface area contributed by atoms with Gasteiger partial charge in [-0.15, -0.1) is 0 Å². The van der Waals surface area contributed by atoms with Crippen molar-refractivity contribution in [3.8, 4) is 11.1 Å². The second kappa shape index (κ2) is 10.1. The van der Waals surface area contributed by atoms with Crippen LogP contribution in [0.2, 0.25) is 0 Å². The molecule has 10 aromatic rings. The monoisotopic (exact) mass is 601 g/mol. The fourth-order valence-corrected chi connectivity index (χ4v) is 7.30. The highest BCUT2D eigenvalue weighted by atomic mass is 16.3. The number of nitrogens with zero attached hydrogens (tertiary/aromatic N) is 1. The molecule has 3 heteroatoms. The molecule has 0 radical (unpaired) electrons. The van der Waals surface area contributed by atoms with Gasteiger partial charge in [0.2, 0.25) is 0 Å². The lowest BCUT2D eigenvalue weighted by atomic mass is 10.0. The largest absolute Gasteiger partial charge is 0.455 e. The Kier molecular flexibility index (Phi) is 5.57. The number of rotatable bonds is 4. The molecule has 2 aromatic heterocycles. The molecule has 0 saturated carbocycles. The maximum Gasteiger partial charge on any atom is 0.143 e. The van der Waals surface area contributed by atoms with Crippen molar-refractivity contribution in [2.75, 3.05) is 4.90 Å². The molecule has 10 rings (SSSR count). The minimum Gasteiger partial charge on any atom is -0.455 e. The molecule has 0 bridgehead atoms. The van der Waals surface area contributed by atoms with Crippen molar-refractivity contribution in [2.45, 2.75) is 0 Å². The van der Waals surface area contributed by atoms with Gasteiger partial charge in [0.1, 0.15) is 22.3 Å². The highest BCUT2D eigenvalue weighted by Gasteiger charge is 2.22. The van der Waals surface area contributed by atoms with Crippen LogP contribution in [-0.2, 0) is 0 Å². The molecule has 0 N–H and O–H groups in total. The Balaban J connectivity index is 1.21. The second-order valence-electron chi connectivity index (χ2n) is 12.1. The van der Waals surface area contributed by atoms with E-state index in [9.17, 15) is 0 Å². The Morgan fingerprint density at radius 2 is 0.979 bits per heavy atom. The van der Waals surface area contributed by atoms with E-state index in [-0.39, 0.29) is 0 Å². The number of hydrogen-bond acceptors (Lipinski definition) is 3. The first-order valence-corrected chi connectivity index (χ1v) is 15.9. The van der Waals surface area contributed by atoms with Gasteiger partial charge in [-0.25, -0.2) is 0 Å². The molecule has 2 heterocycles. The Hall–Kier alpha value is -6.32. The number of fused-ring (bicyclic) bond motifs is 9. The molecule has 3 nitrogen and oxygen atoms in total. The quantitative estimate of drug-likeness (QED) is 0.201. The number of para-hydroxylation sites is 2. The molecule has 0 saturated heterocycles. The van der Waals surface area contributed by atoms with Gasteiger partial charge in [-0.2, -0.15) is 0 Å². The summed E-state index contributed by atoms with van der Waals surface area (Å²) >= 11 is 0. The molecular formula is C44H27NO2. The van der Waals surface area contributed by atoms with Crippen LogP contribution in [-0.4, -0.2) is 0 Å². The zero-order chi connectivity index (χ0) is 30.9. The van der Waals surface area contributed by atoms with E-state index in [1.54, 1.807) is 0 Å². The topological polar surface area (TPSA) is 29.5 Å². The molecule has 0 fully saturated rings. The number of furan rings is 2. The van der Waals surface area contributed by atoms with Crippen LogP contribution >= 0.6 is 0 Å². The zero-order valence-electron chi connectivity index (χ0n) is 25.4. The summed E-state index contributed by atoms with van der Waals surface area (Å²) in [5, 5.41) is 9.13. The zero-order valence-corrected chi connectivity index (χ0v) is 25.4. The van der Waals surface area contributed by atoms with Crippen LogP contribution in [0.5, 0.6) is 0 Å². The van der Waals surface area contributed by atoms with Crippen LogP contribution in [0, 0.1) is 0 Å². The first kappa shape index (κ1) is 26.0. The van der Waals surface area contributed by atoms with Crippen LogP contribution in [0.3, 0.4) is 0 Å². The predicted molar refractivity (Wildman–Crippen MR) is 196 cm³/mol. The van der Waals surface area contributed by atoms with E-state index in [4.69, 9.17) is 8.83 Å². The summed E-state index contributed by atoms with van der Waals surface area (Å²) in [5.74, 6) is 0. The van der Waals surface area contributed by atoms with Crippen LogP contribution in [0.25, 0.3) is 76.5 Å². The fourth-order valence-electron chi connectivity index (χ4n) is 7.30. The van der Waals surface area contributed by atoms with Crippen molar-refractivity contribution >= 4 is 82.5 Å². The van der Waals surface area contributed by atoms with E-state index in [0.717, 1.165) is 77.5 Å². The molecule has 0 aliphatic carbocycles. The van der Waals surface area contributed by atoms with Crippen molar-refractivity contribution in [3.63, 3.8) is 0 Å². The maximum absolute atomic E-state index is 6.62. The summed E-state index contributed by atoms with van der Waals surface area (Å²) in [6, 6.07) is 57.8. The van der Waals surface area contributed by atoms with Crippen molar-refractivity contribution in [1.29, 1.82) is 0 Å². The van der Waals surface area contributed by atoms with Crippen LogP contribution in [0.4, 0.5) is 17.1 Å². The molecular weight excluding hydrogens is 574 g/mol. The number of hydrogen-bond donors (Lipinski definition) is 0. The molecule has 0 aliphatic rings. The molecule has 0 unspecified atom stereocenters. The van der Waals surface area contributed by atoms with Gasteiger partial charge in [0.25, 0.3) is 0 Å². The van der Waals surface area contributed by atoms with E-state index in [0.29, 0.717) is 0 Å². The van der Waals surface area contributed by atoms with E-state index in [1.807, 2.05) is 12.1 Å². The van der Waals surface area contributed by atoms with E-state index < -0.39 is 0 Å². The normalized spacial score (nSPS) is 11.8. The standard InChI is InChI=1S/C44H27NO2/c1-3-13-32-28(10-1)12-7-18-38(32)45(39-19-9-21-41-42(39)37-27-24-29-11-2-4-14-33(29)44(37)47-41)31-25-22-30(23-26-31)34-16-8-17-36-35-15-5-6-20-40(35)46-43(34)36/h1-27H. The Morgan fingerprint density at radius 3 is 1.85 bits per heavy atom. The van der Waals surface area contributed by atoms with Crippen LogP contribution in [0.1, 0.15) is 0 Å². The molecule has 220 valence electrons. The summed E-state index contributed by atoms with van der Waals surface area (Å²) in [6.07, 6.45) is 0. The van der Waals surface area contributed by atoms with Gasteiger partial charge in [0.15, 0.2) is 0 Å². The lowest BCUT2D eigenvalue weighted by Crippen LogP contribution is -2.10. The van der Waals surface area contributed by atoms with Crippen molar-refractivity contribution in [3.05, 3.63) is 164 Å². The third-order valence-electron chi connectivity index (χ3n) is 9.45. The van der Waals surface area contributed by atoms with E-state index in [1.165, 1.54) is 16.2 Å². The fraction of sp³-hybridized carbons (Fsp3) is 0. The molecule has 0 aliphatic heterocycles. The lowest BCUT2D eigenvalue weighted by Gasteiger charge is -2.27. The molecule has 0 amide bonds. The minimum absolute atomic E-state index is 0.868. The van der Waals surface area contributed by atoms with Gasteiger partial charge >= 0.3 is 0 Å². The SMILES string of the molecule is c1ccc2c(N(c3ccc(-c4cccc5c4oc4ccccc45)cc3)c3cccc4oc5c6ccccc6ccc5c34)cccc2c1. The van der Waals surface area contributed by atoms with Crippen LogP contribution < -0.4 is 4.90 Å². The highest BCUT2D eigenvalue weighted by molar-refractivity contribution is 6.20. The number of benzene rings is 8. The summed E-state index contributed by atoms with van der Waals surface area (Å²) in [6.45, 7) is 0. The van der Waals surface area contributed by atoms with Gasteiger partial charge in [-0.05, 0) is 58.8 Å². The first-order chi connectivity index (χ1) is 23.3. The van der Waals surface area contributed by atoms with Crippen molar-refractivity contribution in [2.24, 2.45) is 0 Å². The summed E-state index contributed by atoms with van der Waals surface area (Å²) < 4.78 is 13.0. The summed E-state index contributed by atoms with van der Waals surface area (Å²) in [5.41, 5.74) is 9.02. The van der Waals surface area contributed by atoms with Crippen molar-refractivity contribution in [1.82, 2.24) is 0 Å². The first-order valence-electron chi connectivity index (χ1n) is 15.9.